The standard InChI is InChI=1S/C33H33NO2/c1-3-12-33(36)14-11-29-27-9-7-24-17-25(35)10-13-32(24)18-23-16-21(22-5-4-15-34-20-22)6-8-26(23)28(30(27)32)19-31(29,33)2/h4-6,8,15-17,20,28-29,36H,7,9-11,13-14,18-19H2,1-2H3/t28?,29-,31-,32+,33-/m0/s1. The molecule has 2 aromatic rings. The van der Waals surface area contributed by atoms with Gasteiger partial charge in [0.1, 0.15) is 5.60 Å². The zero-order valence-corrected chi connectivity index (χ0v) is 21.2. The van der Waals surface area contributed by atoms with Crippen LogP contribution in [0.5, 0.6) is 0 Å². The Morgan fingerprint density at radius 2 is 2.00 bits per heavy atom. The number of hydrogen-bond acceptors (Lipinski definition) is 3. The minimum Gasteiger partial charge on any atom is -0.377 e. The fourth-order valence-corrected chi connectivity index (χ4v) is 8.90. The van der Waals surface area contributed by atoms with Crippen molar-refractivity contribution in [1.29, 1.82) is 0 Å². The molecule has 0 aliphatic heterocycles. The number of nitrogens with zero attached hydrogens (tertiary/aromatic N) is 1. The number of allylic oxidation sites excluding steroid dienone is 4. The summed E-state index contributed by atoms with van der Waals surface area (Å²) in [5, 5.41) is 11.9. The summed E-state index contributed by atoms with van der Waals surface area (Å²) in [5.41, 5.74) is 8.49. The van der Waals surface area contributed by atoms with E-state index in [0.29, 0.717) is 18.1 Å². The molecule has 1 unspecified atom stereocenters. The van der Waals surface area contributed by atoms with Crippen LogP contribution in [0.25, 0.3) is 11.1 Å². The third kappa shape index (κ3) is 2.80. The van der Waals surface area contributed by atoms with Gasteiger partial charge in [-0.2, -0.15) is 0 Å². The highest BCUT2D eigenvalue weighted by atomic mass is 16.3. The lowest BCUT2D eigenvalue weighted by Gasteiger charge is -2.58. The molecule has 3 nitrogen and oxygen atoms in total. The van der Waals surface area contributed by atoms with E-state index in [1.165, 1.54) is 22.3 Å². The summed E-state index contributed by atoms with van der Waals surface area (Å²) in [7, 11) is 0. The van der Waals surface area contributed by atoms with Gasteiger partial charge in [0.15, 0.2) is 5.78 Å². The van der Waals surface area contributed by atoms with Crippen molar-refractivity contribution in [3.8, 4) is 23.0 Å². The van der Waals surface area contributed by atoms with E-state index < -0.39 is 5.60 Å². The van der Waals surface area contributed by atoms with Crippen LogP contribution in [-0.4, -0.2) is 21.5 Å². The van der Waals surface area contributed by atoms with E-state index in [-0.39, 0.29) is 16.7 Å². The Bertz CT molecular complexity index is 1420. The molecule has 7 rings (SSSR count). The SMILES string of the molecule is CC#C[C@]1(O)CC[C@H]2C3=C4C(C[C@@]21C)c1ccc(-c2cccnc2)cc1C[C@@]41CCC(=O)C=C1CC3. The van der Waals surface area contributed by atoms with Gasteiger partial charge in [-0.25, -0.2) is 0 Å². The number of rotatable bonds is 1. The van der Waals surface area contributed by atoms with Crippen molar-refractivity contribution in [3.63, 3.8) is 0 Å². The summed E-state index contributed by atoms with van der Waals surface area (Å²) in [5.74, 6) is 7.27. The Hall–Kier alpha value is -2.96. The highest BCUT2D eigenvalue weighted by Crippen LogP contribution is 2.70. The van der Waals surface area contributed by atoms with Crippen LogP contribution >= 0.6 is 0 Å². The second-order valence-corrected chi connectivity index (χ2v) is 12.0. The minimum atomic E-state index is -0.940. The van der Waals surface area contributed by atoms with Crippen molar-refractivity contribution in [3.05, 3.63) is 76.6 Å². The third-order valence-electron chi connectivity index (χ3n) is 10.5. The number of pyridine rings is 1. The van der Waals surface area contributed by atoms with Gasteiger partial charge in [-0.05, 0) is 92.2 Å². The second-order valence-electron chi connectivity index (χ2n) is 12.0. The Labute approximate surface area is 213 Å². The Balaban J connectivity index is 1.46. The zero-order chi connectivity index (χ0) is 24.7. The molecule has 0 amide bonds. The molecule has 3 heteroatoms. The first-order valence-electron chi connectivity index (χ1n) is 13.6. The second kappa shape index (κ2) is 7.53. The molecular weight excluding hydrogens is 442 g/mol. The number of fused-ring (bicyclic) bond motifs is 4. The van der Waals surface area contributed by atoms with Crippen LogP contribution in [0.1, 0.15) is 75.8 Å². The molecule has 5 atom stereocenters. The van der Waals surface area contributed by atoms with Crippen LogP contribution in [0, 0.1) is 28.6 Å². The van der Waals surface area contributed by atoms with Crippen LogP contribution < -0.4 is 0 Å². The van der Waals surface area contributed by atoms with Gasteiger partial charge in [0, 0.05) is 35.6 Å². The fourth-order valence-electron chi connectivity index (χ4n) is 8.90. The van der Waals surface area contributed by atoms with Gasteiger partial charge in [0.25, 0.3) is 0 Å². The molecule has 182 valence electrons. The molecule has 1 N–H and O–H groups in total. The lowest BCUT2D eigenvalue weighted by molar-refractivity contribution is -0.115. The average Bonchev–Trinajstić information content (AvgIpc) is 3.14. The lowest BCUT2D eigenvalue weighted by atomic mass is 9.45. The summed E-state index contributed by atoms with van der Waals surface area (Å²) in [6.07, 6.45) is 13.0. The number of ketones is 1. The van der Waals surface area contributed by atoms with Crippen LogP contribution in [0.4, 0.5) is 0 Å². The Morgan fingerprint density at radius 3 is 2.81 bits per heavy atom. The van der Waals surface area contributed by atoms with E-state index in [9.17, 15) is 9.90 Å². The Morgan fingerprint density at radius 1 is 1.11 bits per heavy atom. The molecule has 1 spiro atoms. The monoisotopic (exact) mass is 475 g/mol. The molecule has 1 heterocycles. The van der Waals surface area contributed by atoms with Crippen LogP contribution in [0.2, 0.25) is 0 Å². The third-order valence-corrected chi connectivity index (χ3v) is 10.5. The average molecular weight is 476 g/mol. The van der Waals surface area contributed by atoms with Crippen LogP contribution in [0.3, 0.4) is 0 Å². The van der Waals surface area contributed by atoms with Crippen molar-refractivity contribution >= 4 is 5.78 Å². The number of benzene rings is 1. The zero-order valence-electron chi connectivity index (χ0n) is 21.2. The lowest BCUT2D eigenvalue weighted by Crippen LogP contribution is -2.52. The van der Waals surface area contributed by atoms with Gasteiger partial charge in [0.05, 0.1) is 0 Å². The predicted octanol–water partition coefficient (Wildman–Crippen LogP) is 6.33. The van der Waals surface area contributed by atoms with E-state index in [1.807, 2.05) is 31.5 Å². The summed E-state index contributed by atoms with van der Waals surface area (Å²) >= 11 is 0. The number of hydrogen-bond donors (Lipinski definition) is 1. The van der Waals surface area contributed by atoms with Gasteiger partial charge in [-0.15, -0.1) is 5.92 Å². The predicted molar refractivity (Wildman–Crippen MR) is 141 cm³/mol. The topological polar surface area (TPSA) is 50.2 Å². The van der Waals surface area contributed by atoms with Gasteiger partial charge in [-0.3, -0.25) is 9.78 Å². The molecular formula is C33H33NO2. The maximum Gasteiger partial charge on any atom is 0.155 e. The number of aliphatic hydroxyl groups is 1. The first-order valence-corrected chi connectivity index (χ1v) is 13.6. The van der Waals surface area contributed by atoms with E-state index in [0.717, 1.165) is 50.5 Å². The van der Waals surface area contributed by atoms with Crippen molar-refractivity contribution in [2.75, 3.05) is 0 Å². The summed E-state index contributed by atoms with van der Waals surface area (Å²) in [4.78, 5) is 16.9. The van der Waals surface area contributed by atoms with E-state index in [2.05, 4.69) is 48.0 Å². The van der Waals surface area contributed by atoms with E-state index >= 15 is 0 Å². The van der Waals surface area contributed by atoms with Crippen LogP contribution in [0.15, 0.2) is 65.5 Å². The van der Waals surface area contributed by atoms with Gasteiger partial charge >= 0.3 is 0 Å². The maximum absolute atomic E-state index is 12.6. The van der Waals surface area contributed by atoms with Crippen molar-refractivity contribution in [2.24, 2.45) is 16.7 Å². The van der Waals surface area contributed by atoms with Gasteiger partial charge in [0.2, 0.25) is 0 Å². The molecule has 1 aromatic carbocycles. The molecule has 5 aliphatic carbocycles. The highest BCUT2D eigenvalue weighted by molar-refractivity contribution is 5.92. The molecule has 5 aliphatic rings. The van der Waals surface area contributed by atoms with E-state index in [4.69, 9.17) is 0 Å². The first kappa shape index (κ1) is 22.3. The van der Waals surface area contributed by atoms with Gasteiger partial charge in [-0.1, -0.05) is 53.8 Å². The molecule has 1 aromatic heterocycles. The first-order chi connectivity index (χ1) is 17.4. The summed E-state index contributed by atoms with van der Waals surface area (Å²) in [6.45, 7) is 4.16. The summed E-state index contributed by atoms with van der Waals surface area (Å²) < 4.78 is 0. The molecule has 0 bridgehead atoms. The highest BCUT2D eigenvalue weighted by Gasteiger charge is 2.64. The Kier molecular flexibility index (Phi) is 4.65. The van der Waals surface area contributed by atoms with Crippen molar-refractivity contribution in [2.45, 2.75) is 76.7 Å². The molecule has 0 saturated heterocycles. The van der Waals surface area contributed by atoms with Crippen molar-refractivity contribution in [1.82, 2.24) is 4.98 Å². The quantitative estimate of drug-likeness (QED) is 0.387. The minimum absolute atomic E-state index is 0.0365. The maximum atomic E-state index is 12.6. The summed E-state index contributed by atoms with van der Waals surface area (Å²) in [6, 6.07) is 11.1. The van der Waals surface area contributed by atoms with Crippen LogP contribution in [-0.2, 0) is 11.2 Å². The number of aromatic nitrogens is 1. The molecule has 0 radical (unpaired) electrons. The fraction of sp³-hybridized carbons (Fsp3) is 0.455. The largest absolute Gasteiger partial charge is 0.377 e. The smallest absolute Gasteiger partial charge is 0.155 e. The van der Waals surface area contributed by atoms with Gasteiger partial charge < -0.3 is 5.11 Å². The molecule has 1 fully saturated rings. The number of carbonyl (C=O) groups excluding carboxylic acids is 1. The number of carbonyl (C=O) groups is 1. The normalized spacial score (nSPS) is 36.1. The van der Waals surface area contributed by atoms with Crippen molar-refractivity contribution < 1.29 is 9.90 Å². The molecule has 36 heavy (non-hydrogen) atoms. The van der Waals surface area contributed by atoms with E-state index in [1.54, 1.807) is 11.1 Å². The molecule has 1 saturated carbocycles.